The van der Waals surface area contributed by atoms with Gasteiger partial charge in [0.15, 0.2) is 23.3 Å². The van der Waals surface area contributed by atoms with Gasteiger partial charge in [0.25, 0.3) is 5.89 Å². The van der Waals surface area contributed by atoms with Gasteiger partial charge in [-0.2, -0.15) is 4.98 Å². The SMILES string of the molecule is Cl.NC1(c2noc(-c3cc(F)c(F)c(F)c3)n2)CCCC1. The Hall–Kier alpha value is -1.60. The number of nitrogens with two attached hydrogens (primary N) is 1. The van der Waals surface area contributed by atoms with Crippen LogP contribution in [0.5, 0.6) is 0 Å². The molecule has 1 heterocycles. The highest BCUT2D eigenvalue weighted by atomic mass is 35.5. The van der Waals surface area contributed by atoms with Crippen LogP contribution in [0.4, 0.5) is 13.2 Å². The van der Waals surface area contributed by atoms with Crippen molar-refractivity contribution in [2.24, 2.45) is 5.73 Å². The lowest BCUT2D eigenvalue weighted by Gasteiger charge is -2.17. The molecule has 0 saturated heterocycles. The third kappa shape index (κ3) is 2.75. The van der Waals surface area contributed by atoms with Crippen LogP contribution in [0, 0.1) is 17.5 Å². The van der Waals surface area contributed by atoms with E-state index in [9.17, 15) is 13.2 Å². The molecule has 0 aliphatic heterocycles. The molecule has 0 bridgehead atoms. The van der Waals surface area contributed by atoms with Gasteiger partial charge >= 0.3 is 0 Å². The Labute approximate surface area is 124 Å². The molecule has 1 fully saturated rings. The van der Waals surface area contributed by atoms with Crippen molar-refractivity contribution < 1.29 is 17.7 Å². The predicted octanol–water partition coefficient (Wildman–Crippen LogP) is 3.30. The van der Waals surface area contributed by atoms with E-state index < -0.39 is 23.0 Å². The first-order valence-corrected chi connectivity index (χ1v) is 6.27. The van der Waals surface area contributed by atoms with Crippen LogP contribution >= 0.6 is 12.4 Å². The van der Waals surface area contributed by atoms with Gasteiger partial charge in [0.2, 0.25) is 0 Å². The molecule has 2 N–H and O–H groups in total. The Morgan fingerprint density at radius 3 is 2.24 bits per heavy atom. The van der Waals surface area contributed by atoms with Crippen molar-refractivity contribution in [2.45, 2.75) is 31.2 Å². The molecule has 0 unspecified atom stereocenters. The number of hydrogen-bond acceptors (Lipinski definition) is 4. The van der Waals surface area contributed by atoms with Crippen molar-refractivity contribution in [3.8, 4) is 11.5 Å². The highest BCUT2D eigenvalue weighted by Crippen LogP contribution is 2.35. The number of aromatic nitrogens is 2. The zero-order chi connectivity index (χ0) is 14.3. The van der Waals surface area contributed by atoms with Gasteiger partial charge in [0.05, 0.1) is 5.54 Å². The van der Waals surface area contributed by atoms with Gasteiger partial charge in [-0.05, 0) is 25.0 Å². The van der Waals surface area contributed by atoms with E-state index in [4.69, 9.17) is 10.3 Å². The molecule has 1 aromatic heterocycles. The van der Waals surface area contributed by atoms with Crippen molar-refractivity contribution >= 4 is 12.4 Å². The standard InChI is InChI=1S/C13H12F3N3O.ClH/c14-8-5-7(6-9(15)10(8)16)11-18-12(19-20-11)13(17)3-1-2-4-13;/h5-6H,1-4,17H2;1H. The minimum atomic E-state index is -1.53. The predicted molar refractivity (Wildman–Crippen MR) is 71.2 cm³/mol. The van der Waals surface area contributed by atoms with Gasteiger partial charge in [-0.3, -0.25) is 0 Å². The molecular formula is C13H13ClF3N3O. The molecule has 21 heavy (non-hydrogen) atoms. The zero-order valence-electron chi connectivity index (χ0n) is 10.9. The van der Waals surface area contributed by atoms with E-state index in [0.717, 1.165) is 37.8 Å². The smallest absolute Gasteiger partial charge is 0.258 e. The fraction of sp³-hybridized carbons (Fsp3) is 0.385. The highest BCUT2D eigenvalue weighted by molar-refractivity contribution is 5.85. The third-order valence-electron chi connectivity index (χ3n) is 3.60. The summed E-state index contributed by atoms with van der Waals surface area (Å²) in [6.45, 7) is 0. The Balaban J connectivity index is 0.00000161. The van der Waals surface area contributed by atoms with Gasteiger partial charge in [-0.15, -0.1) is 12.4 Å². The van der Waals surface area contributed by atoms with E-state index >= 15 is 0 Å². The van der Waals surface area contributed by atoms with E-state index in [-0.39, 0.29) is 23.9 Å². The molecule has 2 aromatic rings. The summed E-state index contributed by atoms with van der Waals surface area (Å²) in [4.78, 5) is 4.09. The minimum Gasteiger partial charge on any atom is -0.334 e. The second-order valence-corrected chi connectivity index (χ2v) is 5.04. The Morgan fingerprint density at radius 1 is 1.10 bits per heavy atom. The van der Waals surface area contributed by atoms with Crippen LogP contribution in [0.15, 0.2) is 16.7 Å². The molecule has 114 valence electrons. The molecule has 8 heteroatoms. The number of halogens is 4. The van der Waals surface area contributed by atoms with Gasteiger partial charge in [0, 0.05) is 5.56 Å². The summed E-state index contributed by atoms with van der Waals surface area (Å²) in [7, 11) is 0. The van der Waals surface area contributed by atoms with E-state index in [1.165, 1.54) is 0 Å². The molecule has 1 aromatic carbocycles. The van der Waals surface area contributed by atoms with Gasteiger partial charge in [-0.25, -0.2) is 13.2 Å². The third-order valence-corrected chi connectivity index (χ3v) is 3.60. The molecule has 0 amide bonds. The van der Waals surface area contributed by atoms with Crippen molar-refractivity contribution in [1.29, 1.82) is 0 Å². The van der Waals surface area contributed by atoms with Gasteiger partial charge in [0.1, 0.15) is 0 Å². The molecule has 4 nitrogen and oxygen atoms in total. The maximum Gasteiger partial charge on any atom is 0.258 e. The summed E-state index contributed by atoms with van der Waals surface area (Å²) in [6.07, 6.45) is 3.41. The van der Waals surface area contributed by atoms with Crippen molar-refractivity contribution in [3.05, 3.63) is 35.4 Å². The van der Waals surface area contributed by atoms with Crippen LogP contribution in [0.3, 0.4) is 0 Å². The summed E-state index contributed by atoms with van der Waals surface area (Å²) in [5.41, 5.74) is 5.50. The van der Waals surface area contributed by atoms with Crippen LogP contribution in [0.2, 0.25) is 0 Å². The van der Waals surface area contributed by atoms with Gasteiger partial charge < -0.3 is 10.3 Å². The van der Waals surface area contributed by atoms with E-state index in [2.05, 4.69) is 10.1 Å². The van der Waals surface area contributed by atoms with Crippen LogP contribution in [-0.4, -0.2) is 10.1 Å². The normalized spacial score (nSPS) is 16.8. The molecule has 0 spiro atoms. The Kier molecular flexibility index (Phi) is 4.25. The van der Waals surface area contributed by atoms with Crippen molar-refractivity contribution in [1.82, 2.24) is 10.1 Å². The first-order valence-electron chi connectivity index (χ1n) is 6.27. The fourth-order valence-corrected chi connectivity index (χ4v) is 2.45. The summed E-state index contributed by atoms with van der Waals surface area (Å²) in [5.74, 6) is -3.89. The average molecular weight is 320 g/mol. The molecular weight excluding hydrogens is 307 g/mol. The van der Waals surface area contributed by atoms with Crippen molar-refractivity contribution in [3.63, 3.8) is 0 Å². The largest absolute Gasteiger partial charge is 0.334 e. The topological polar surface area (TPSA) is 64.9 Å². The number of rotatable bonds is 2. The first kappa shape index (κ1) is 15.8. The minimum absolute atomic E-state index is 0. The lowest BCUT2D eigenvalue weighted by molar-refractivity contribution is 0.372. The van der Waals surface area contributed by atoms with E-state index in [1.807, 2.05) is 0 Å². The highest BCUT2D eigenvalue weighted by Gasteiger charge is 2.36. The second kappa shape index (κ2) is 5.65. The summed E-state index contributed by atoms with van der Waals surface area (Å²) in [6, 6.07) is 1.63. The molecule has 3 rings (SSSR count). The summed E-state index contributed by atoms with van der Waals surface area (Å²) in [5, 5.41) is 3.78. The van der Waals surface area contributed by atoms with Crippen LogP contribution in [0.25, 0.3) is 11.5 Å². The van der Waals surface area contributed by atoms with Crippen LogP contribution < -0.4 is 5.73 Å². The Bertz CT molecular complexity index is 633. The number of nitrogens with zero attached hydrogens (tertiary/aromatic N) is 2. The lowest BCUT2D eigenvalue weighted by Crippen LogP contribution is -2.34. The van der Waals surface area contributed by atoms with E-state index in [0.29, 0.717) is 5.82 Å². The first-order chi connectivity index (χ1) is 9.49. The van der Waals surface area contributed by atoms with Crippen LogP contribution in [0.1, 0.15) is 31.5 Å². The maximum absolute atomic E-state index is 13.2. The molecule has 0 atom stereocenters. The lowest BCUT2D eigenvalue weighted by atomic mass is 9.99. The second-order valence-electron chi connectivity index (χ2n) is 5.04. The maximum atomic E-state index is 13.2. The molecule has 1 saturated carbocycles. The summed E-state index contributed by atoms with van der Waals surface area (Å²) < 4.78 is 44.2. The average Bonchev–Trinajstić information content (AvgIpc) is 3.05. The quantitative estimate of drug-likeness (QED) is 0.863. The fourth-order valence-electron chi connectivity index (χ4n) is 2.45. The zero-order valence-corrected chi connectivity index (χ0v) is 11.7. The van der Waals surface area contributed by atoms with Crippen molar-refractivity contribution in [2.75, 3.05) is 0 Å². The molecule has 1 aliphatic rings. The number of benzene rings is 1. The molecule has 1 aliphatic carbocycles. The van der Waals surface area contributed by atoms with Gasteiger partial charge in [-0.1, -0.05) is 18.0 Å². The Morgan fingerprint density at radius 2 is 1.67 bits per heavy atom. The number of hydrogen-bond donors (Lipinski definition) is 1. The monoisotopic (exact) mass is 319 g/mol. The van der Waals surface area contributed by atoms with Crippen LogP contribution in [-0.2, 0) is 5.54 Å². The molecule has 0 radical (unpaired) electrons. The summed E-state index contributed by atoms with van der Waals surface area (Å²) >= 11 is 0. The van der Waals surface area contributed by atoms with E-state index in [1.54, 1.807) is 0 Å².